The van der Waals surface area contributed by atoms with Gasteiger partial charge in [0.15, 0.2) is 23.0 Å². The Morgan fingerprint density at radius 1 is 0.889 bits per heavy atom. The maximum atomic E-state index is 14.9. The third-order valence-electron chi connectivity index (χ3n) is 14.0. The Hall–Kier alpha value is -2.56. The lowest BCUT2D eigenvalue weighted by atomic mass is 9.53. The molecular weight excluding hydrogens is 560 g/mol. The molecule has 3 fully saturated rings. The number of phenolic OH excluding ortho intramolecular Hbond substituents is 1. The highest BCUT2D eigenvalue weighted by atomic mass is 16.5. The van der Waals surface area contributed by atoms with Crippen molar-refractivity contribution >= 4 is 11.6 Å². The number of ether oxygens (including phenoxy) is 1. The van der Waals surface area contributed by atoms with Gasteiger partial charge in [0, 0.05) is 17.4 Å². The minimum atomic E-state index is -1.37. The van der Waals surface area contributed by atoms with Crippen LogP contribution in [0.25, 0.3) is 0 Å². The first-order valence-electron chi connectivity index (χ1n) is 17.8. The molecule has 1 spiro atoms. The van der Waals surface area contributed by atoms with Crippen LogP contribution in [0.4, 0.5) is 0 Å². The van der Waals surface area contributed by atoms with E-state index in [1.807, 2.05) is 13.8 Å². The molecule has 244 valence electrons. The molecule has 0 saturated heterocycles. The SMILES string of the molecule is CC(C)=C[C@@H]1C[C@H](C)[C@H]2CC[C@H](C)c3c(O)c(OC(C)(C)[C@H]4[C@@H]5C[C@H](C)[C@H]6CC[C@H](C)C7=C(O)C(=O)[C@]4(C)C(=O)[C@@]765)c(C)c1c32. The van der Waals surface area contributed by atoms with Gasteiger partial charge in [0.1, 0.15) is 11.0 Å². The molecular formula is C40H54O5. The second-order valence-electron chi connectivity index (χ2n) is 17.3. The van der Waals surface area contributed by atoms with Crippen molar-refractivity contribution in [2.45, 2.75) is 131 Å². The van der Waals surface area contributed by atoms with Gasteiger partial charge in [-0.25, -0.2) is 0 Å². The number of carbonyl (C=O) groups excluding carboxylic acids is 2. The van der Waals surface area contributed by atoms with Crippen molar-refractivity contribution < 1.29 is 24.5 Å². The highest BCUT2D eigenvalue weighted by Gasteiger charge is 2.81. The molecule has 1 aromatic carbocycles. The van der Waals surface area contributed by atoms with Gasteiger partial charge >= 0.3 is 0 Å². The number of rotatable bonds is 4. The standard InChI is InChI=1S/C40H54O5/c1-18(2)15-24-16-21(5)25-13-11-19(3)28-30(25)29(24)23(7)34(32(28)41)45-38(8,9)35-27-17-22(6)26-14-12-20(4)31-33(42)36(43)39(35,10)37(44)40(26,27)31/h15,19-22,24-27,35,41-42H,11-14,16-17H2,1-10H3/t19-,20-,21-,22-,24+,25+,26+,27-,35+,39+,40-/m0/s1. The number of hydrogen-bond donors (Lipinski definition) is 2. The predicted molar refractivity (Wildman–Crippen MR) is 177 cm³/mol. The van der Waals surface area contributed by atoms with E-state index in [2.05, 4.69) is 54.5 Å². The molecule has 2 bridgehead atoms. The number of Topliss-reactive ketones (excluding diaryl/α,β-unsaturated/α-hetero) is 2. The van der Waals surface area contributed by atoms with Crippen molar-refractivity contribution in [3.8, 4) is 11.5 Å². The first-order chi connectivity index (χ1) is 21.0. The van der Waals surface area contributed by atoms with Crippen LogP contribution in [0.1, 0.15) is 141 Å². The Balaban J connectivity index is 1.40. The Morgan fingerprint density at radius 3 is 2.22 bits per heavy atom. The van der Waals surface area contributed by atoms with E-state index >= 15 is 0 Å². The van der Waals surface area contributed by atoms with Crippen molar-refractivity contribution in [2.24, 2.45) is 46.3 Å². The molecule has 6 aliphatic rings. The van der Waals surface area contributed by atoms with Crippen LogP contribution in [0.2, 0.25) is 0 Å². The van der Waals surface area contributed by atoms with Crippen LogP contribution in [0.5, 0.6) is 11.5 Å². The fraction of sp³-hybridized carbons (Fsp3) is 0.700. The average molecular weight is 615 g/mol. The van der Waals surface area contributed by atoms with Gasteiger partial charge in [-0.3, -0.25) is 9.59 Å². The number of allylic oxidation sites excluding steroid dienone is 4. The second-order valence-corrected chi connectivity index (χ2v) is 17.3. The molecule has 0 radical (unpaired) electrons. The van der Waals surface area contributed by atoms with Crippen LogP contribution in [0.3, 0.4) is 0 Å². The van der Waals surface area contributed by atoms with Crippen LogP contribution < -0.4 is 4.74 Å². The van der Waals surface area contributed by atoms with E-state index in [0.29, 0.717) is 23.5 Å². The normalized spacial score (nSPS) is 41.6. The molecule has 0 aromatic heterocycles. The summed E-state index contributed by atoms with van der Waals surface area (Å²) in [4.78, 5) is 29.1. The van der Waals surface area contributed by atoms with Crippen LogP contribution in [-0.2, 0) is 9.59 Å². The molecule has 0 unspecified atom stereocenters. The molecule has 5 heteroatoms. The summed E-state index contributed by atoms with van der Waals surface area (Å²) in [5, 5.41) is 23.8. The predicted octanol–water partition coefficient (Wildman–Crippen LogP) is 9.22. The number of phenols is 1. The number of carbonyl (C=O) groups is 2. The maximum Gasteiger partial charge on any atom is 0.210 e. The zero-order chi connectivity index (χ0) is 32.7. The molecule has 2 N–H and O–H groups in total. The monoisotopic (exact) mass is 614 g/mol. The summed E-state index contributed by atoms with van der Waals surface area (Å²) in [6.07, 6.45) is 8.30. The Bertz CT molecular complexity index is 1570. The molecule has 7 rings (SSSR count). The van der Waals surface area contributed by atoms with Crippen molar-refractivity contribution in [3.63, 3.8) is 0 Å². The molecule has 3 saturated carbocycles. The lowest BCUT2D eigenvalue weighted by molar-refractivity contribution is -0.149. The first-order valence-corrected chi connectivity index (χ1v) is 17.8. The molecule has 0 heterocycles. The Labute approximate surface area is 269 Å². The van der Waals surface area contributed by atoms with Crippen molar-refractivity contribution in [1.29, 1.82) is 0 Å². The fourth-order valence-electron chi connectivity index (χ4n) is 12.7. The summed E-state index contributed by atoms with van der Waals surface area (Å²) in [5.74, 6) is 1.53. The van der Waals surface area contributed by atoms with Crippen LogP contribution >= 0.6 is 0 Å². The van der Waals surface area contributed by atoms with E-state index in [9.17, 15) is 19.8 Å². The van der Waals surface area contributed by atoms with Gasteiger partial charge in [-0.1, -0.05) is 39.3 Å². The largest absolute Gasteiger partial charge is 0.504 e. The smallest absolute Gasteiger partial charge is 0.210 e. The molecule has 45 heavy (non-hydrogen) atoms. The second kappa shape index (κ2) is 9.73. The Kier molecular flexibility index (Phi) is 6.72. The number of aromatic hydroxyl groups is 1. The molecule has 5 nitrogen and oxygen atoms in total. The van der Waals surface area contributed by atoms with E-state index in [-0.39, 0.29) is 46.9 Å². The average Bonchev–Trinajstić information content (AvgIpc) is 3.31. The summed E-state index contributed by atoms with van der Waals surface area (Å²) < 4.78 is 7.16. The van der Waals surface area contributed by atoms with Gasteiger partial charge in [-0.2, -0.15) is 0 Å². The van der Waals surface area contributed by atoms with Gasteiger partial charge in [-0.05, 0) is 144 Å². The van der Waals surface area contributed by atoms with Gasteiger partial charge in [0.25, 0.3) is 0 Å². The van der Waals surface area contributed by atoms with E-state index in [1.165, 1.54) is 16.7 Å². The highest BCUT2D eigenvalue weighted by Crippen LogP contribution is 2.76. The van der Waals surface area contributed by atoms with Crippen LogP contribution in [0, 0.1) is 53.3 Å². The van der Waals surface area contributed by atoms with E-state index in [4.69, 9.17) is 4.74 Å². The van der Waals surface area contributed by atoms with E-state index in [0.717, 1.165) is 55.2 Å². The lowest BCUT2D eigenvalue weighted by Gasteiger charge is -2.47. The number of fused-ring (bicyclic) bond motifs is 1. The van der Waals surface area contributed by atoms with Crippen molar-refractivity contribution in [2.75, 3.05) is 0 Å². The summed E-state index contributed by atoms with van der Waals surface area (Å²) in [5.41, 5.74) is 3.53. The van der Waals surface area contributed by atoms with Gasteiger partial charge < -0.3 is 14.9 Å². The number of ketones is 2. The number of aliphatic hydroxyl groups excluding tert-OH is 1. The molecule has 1 aromatic rings. The summed E-state index contributed by atoms with van der Waals surface area (Å²) >= 11 is 0. The summed E-state index contributed by atoms with van der Waals surface area (Å²) in [7, 11) is 0. The Morgan fingerprint density at radius 2 is 1.56 bits per heavy atom. The zero-order valence-corrected chi connectivity index (χ0v) is 29.1. The van der Waals surface area contributed by atoms with E-state index < -0.39 is 28.1 Å². The third-order valence-corrected chi connectivity index (χ3v) is 14.0. The molecule has 0 amide bonds. The third kappa shape index (κ3) is 3.67. The first kappa shape index (κ1) is 31.1. The topological polar surface area (TPSA) is 83.8 Å². The van der Waals surface area contributed by atoms with Crippen molar-refractivity contribution in [1.82, 2.24) is 0 Å². The highest BCUT2D eigenvalue weighted by molar-refractivity contribution is 6.21. The minimum Gasteiger partial charge on any atom is -0.504 e. The van der Waals surface area contributed by atoms with Crippen LogP contribution in [-0.4, -0.2) is 27.4 Å². The van der Waals surface area contributed by atoms with Crippen LogP contribution in [0.15, 0.2) is 23.0 Å². The number of aliphatic hydroxyl groups is 1. The number of hydrogen-bond acceptors (Lipinski definition) is 5. The molecule has 11 atom stereocenters. The quantitative estimate of drug-likeness (QED) is 0.261. The fourth-order valence-corrected chi connectivity index (χ4v) is 12.7. The van der Waals surface area contributed by atoms with Crippen molar-refractivity contribution in [3.05, 3.63) is 45.2 Å². The maximum absolute atomic E-state index is 14.9. The number of benzene rings is 1. The van der Waals surface area contributed by atoms with Gasteiger partial charge in [0.2, 0.25) is 5.78 Å². The summed E-state index contributed by atoms with van der Waals surface area (Å²) in [6.45, 7) is 21.2. The lowest BCUT2D eigenvalue weighted by Crippen LogP contribution is -2.55. The van der Waals surface area contributed by atoms with Gasteiger partial charge in [-0.15, -0.1) is 0 Å². The zero-order valence-electron chi connectivity index (χ0n) is 29.1. The van der Waals surface area contributed by atoms with Gasteiger partial charge in [0.05, 0.1) is 5.41 Å². The van der Waals surface area contributed by atoms with E-state index in [1.54, 1.807) is 6.92 Å². The molecule has 6 aliphatic carbocycles. The summed E-state index contributed by atoms with van der Waals surface area (Å²) in [6, 6.07) is 0. The molecule has 0 aliphatic heterocycles. The minimum absolute atomic E-state index is 0.00171.